The number of nitrogens with one attached hydrogen (secondary N) is 1. The van der Waals surface area contributed by atoms with Gasteiger partial charge in [-0.25, -0.2) is 4.98 Å². The summed E-state index contributed by atoms with van der Waals surface area (Å²) in [4.78, 5) is 38.1. The Morgan fingerprint density at radius 1 is 1.28 bits per heavy atom. The first kappa shape index (κ1) is 18.4. The molecule has 1 N–H and O–H groups in total. The van der Waals surface area contributed by atoms with Gasteiger partial charge in [0, 0.05) is 37.7 Å². The average molecular weight is 397 g/mol. The van der Waals surface area contributed by atoms with E-state index in [9.17, 15) is 9.59 Å². The molecule has 1 spiro atoms. The molecule has 8 heteroatoms. The summed E-state index contributed by atoms with van der Waals surface area (Å²) in [6.45, 7) is 5.67. The largest absolute Gasteiger partial charge is 0.361 e. The monoisotopic (exact) mass is 397 g/mol. The van der Waals surface area contributed by atoms with Crippen molar-refractivity contribution < 1.29 is 14.1 Å². The fourth-order valence-electron chi connectivity index (χ4n) is 5.03. The van der Waals surface area contributed by atoms with Crippen LogP contribution in [0.4, 0.5) is 0 Å². The van der Waals surface area contributed by atoms with Crippen molar-refractivity contribution in [2.45, 2.75) is 57.9 Å². The number of aryl methyl sites for hydroxylation is 2. The molecule has 5 rings (SSSR count). The van der Waals surface area contributed by atoms with Crippen LogP contribution in [0.15, 0.2) is 10.9 Å². The average Bonchev–Trinajstić information content (AvgIpc) is 3.35. The van der Waals surface area contributed by atoms with Gasteiger partial charge in [0.2, 0.25) is 5.91 Å². The molecule has 0 bridgehead atoms. The van der Waals surface area contributed by atoms with E-state index in [2.05, 4.69) is 20.0 Å². The molecule has 0 unspecified atom stereocenters. The number of piperidine rings is 1. The molecule has 0 aromatic carbocycles. The number of aromatic nitrogens is 3. The van der Waals surface area contributed by atoms with Gasteiger partial charge in [-0.1, -0.05) is 12.1 Å². The van der Waals surface area contributed by atoms with Crippen LogP contribution in [0.25, 0.3) is 0 Å². The van der Waals surface area contributed by atoms with Crippen molar-refractivity contribution in [1.82, 2.24) is 24.9 Å². The highest BCUT2D eigenvalue weighted by Gasteiger charge is 2.51. The van der Waals surface area contributed by atoms with Crippen molar-refractivity contribution >= 4 is 11.8 Å². The number of carbonyl (C=O) groups is 2. The first-order valence-electron chi connectivity index (χ1n) is 10.6. The highest BCUT2D eigenvalue weighted by molar-refractivity contribution is 5.96. The van der Waals surface area contributed by atoms with Crippen molar-refractivity contribution in [3.8, 4) is 0 Å². The minimum atomic E-state index is -0.401. The van der Waals surface area contributed by atoms with Crippen LogP contribution in [0.3, 0.4) is 0 Å². The van der Waals surface area contributed by atoms with E-state index in [1.165, 1.54) is 0 Å². The van der Waals surface area contributed by atoms with Gasteiger partial charge in [-0.15, -0.1) is 0 Å². The summed E-state index contributed by atoms with van der Waals surface area (Å²) in [6, 6.07) is 0. The fourth-order valence-corrected chi connectivity index (χ4v) is 5.03. The Morgan fingerprint density at radius 2 is 2.03 bits per heavy atom. The maximum Gasteiger partial charge on any atom is 0.259 e. The summed E-state index contributed by atoms with van der Waals surface area (Å²) in [7, 11) is 0. The standard InChI is InChI=1S/C21H27N5O3/c1-3-15-17(13(2)29-24-15)20(28)25-10-7-21(8-11-25)18-16(22-12-23-18)6-9-26(21)19(27)14-4-5-14/h12,14H,3-11H2,1-2H3,(H,22,23). The first-order chi connectivity index (χ1) is 14.0. The van der Waals surface area contributed by atoms with Gasteiger partial charge < -0.3 is 19.3 Å². The molecule has 2 amide bonds. The maximum atomic E-state index is 13.2. The van der Waals surface area contributed by atoms with Crippen LogP contribution in [0.1, 0.15) is 65.8 Å². The van der Waals surface area contributed by atoms with E-state index in [-0.39, 0.29) is 17.7 Å². The third kappa shape index (κ3) is 2.80. The van der Waals surface area contributed by atoms with Crippen molar-refractivity contribution in [3.63, 3.8) is 0 Å². The molecule has 3 aliphatic rings. The maximum absolute atomic E-state index is 13.2. The molecule has 4 heterocycles. The zero-order chi connectivity index (χ0) is 20.2. The van der Waals surface area contributed by atoms with Crippen molar-refractivity contribution in [3.05, 3.63) is 34.7 Å². The summed E-state index contributed by atoms with van der Waals surface area (Å²) in [5, 5.41) is 4.03. The highest BCUT2D eigenvalue weighted by Crippen LogP contribution is 2.45. The van der Waals surface area contributed by atoms with E-state index in [0.29, 0.717) is 49.4 Å². The Bertz CT molecular complexity index is 949. The van der Waals surface area contributed by atoms with Crippen LogP contribution in [0, 0.1) is 12.8 Å². The van der Waals surface area contributed by atoms with E-state index in [4.69, 9.17) is 4.52 Å². The predicted molar refractivity (Wildman–Crippen MR) is 104 cm³/mol. The topological polar surface area (TPSA) is 95.3 Å². The smallest absolute Gasteiger partial charge is 0.259 e. The van der Waals surface area contributed by atoms with E-state index in [1.54, 1.807) is 13.3 Å². The lowest BCUT2D eigenvalue weighted by molar-refractivity contribution is -0.143. The van der Waals surface area contributed by atoms with E-state index >= 15 is 0 Å². The summed E-state index contributed by atoms with van der Waals surface area (Å²) in [5.74, 6) is 0.999. The number of carbonyl (C=O) groups excluding carboxylic acids is 2. The number of hydrogen-bond donors (Lipinski definition) is 1. The molecule has 1 aliphatic carbocycles. The van der Waals surface area contributed by atoms with Crippen LogP contribution in [-0.4, -0.2) is 56.4 Å². The molecule has 0 atom stereocenters. The molecular weight excluding hydrogens is 370 g/mol. The Hall–Kier alpha value is -2.64. The van der Waals surface area contributed by atoms with Crippen LogP contribution in [0.5, 0.6) is 0 Å². The fraction of sp³-hybridized carbons (Fsp3) is 0.619. The summed E-state index contributed by atoms with van der Waals surface area (Å²) < 4.78 is 5.26. The number of nitrogens with zero attached hydrogens (tertiary/aromatic N) is 4. The molecule has 2 aliphatic heterocycles. The van der Waals surface area contributed by atoms with Gasteiger partial charge in [0.1, 0.15) is 11.3 Å². The van der Waals surface area contributed by atoms with Crippen LogP contribution in [0.2, 0.25) is 0 Å². The third-order valence-electron chi connectivity index (χ3n) is 6.81. The highest BCUT2D eigenvalue weighted by atomic mass is 16.5. The minimum absolute atomic E-state index is 0.0198. The number of hydrogen-bond acceptors (Lipinski definition) is 5. The Balaban J connectivity index is 1.42. The number of amides is 2. The van der Waals surface area contributed by atoms with Gasteiger partial charge in [0.05, 0.1) is 23.3 Å². The number of fused-ring (bicyclic) bond motifs is 2. The molecule has 2 fully saturated rings. The Kier molecular flexibility index (Phi) is 4.26. The van der Waals surface area contributed by atoms with E-state index in [1.807, 2.05) is 11.8 Å². The number of imidazole rings is 1. The number of H-pyrrole nitrogens is 1. The Morgan fingerprint density at radius 3 is 2.72 bits per heavy atom. The minimum Gasteiger partial charge on any atom is -0.361 e. The number of likely N-dealkylation sites (tertiary alicyclic amines) is 1. The summed E-state index contributed by atoms with van der Waals surface area (Å²) >= 11 is 0. The first-order valence-corrected chi connectivity index (χ1v) is 10.6. The second-order valence-corrected chi connectivity index (χ2v) is 8.48. The second-order valence-electron chi connectivity index (χ2n) is 8.48. The third-order valence-corrected chi connectivity index (χ3v) is 6.81. The second kappa shape index (κ2) is 6.71. The van der Waals surface area contributed by atoms with E-state index < -0.39 is 5.54 Å². The summed E-state index contributed by atoms with van der Waals surface area (Å²) in [6.07, 6.45) is 6.63. The van der Waals surface area contributed by atoms with Crippen LogP contribution < -0.4 is 0 Å². The van der Waals surface area contributed by atoms with Crippen molar-refractivity contribution in [2.75, 3.05) is 19.6 Å². The lowest BCUT2D eigenvalue weighted by atomic mass is 9.78. The molecule has 154 valence electrons. The molecular formula is C21H27N5O3. The number of aromatic amines is 1. The van der Waals surface area contributed by atoms with Gasteiger partial charge in [0.25, 0.3) is 5.91 Å². The van der Waals surface area contributed by atoms with Crippen LogP contribution >= 0.6 is 0 Å². The zero-order valence-electron chi connectivity index (χ0n) is 17.0. The van der Waals surface area contributed by atoms with Gasteiger partial charge in [-0.3, -0.25) is 9.59 Å². The molecule has 2 aromatic rings. The van der Waals surface area contributed by atoms with Gasteiger partial charge in [-0.2, -0.15) is 0 Å². The zero-order valence-corrected chi connectivity index (χ0v) is 17.0. The normalized spacial score (nSPS) is 20.8. The molecule has 2 aromatic heterocycles. The van der Waals surface area contributed by atoms with Gasteiger partial charge in [-0.05, 0) is 39.0 Å². The van der Waals surface area contributed by atoms with Gasteiger partial charge >= 0.3 is 0 Å². The molecule has 0 radical (unpaired) electrons. The predicted octanol–water partition coefficient (Wildman–Crippen LogP) is 2.19. The van der Waals surface area contributed by atoms with Crippen molar-refractivity contribution in [2.24, 2.45) is 5.92 Å². The quantitative estimate of drug-likeness (QED) is 0.857. The molecule has 29 heavy (non-hydrogen) atoms. The molecule has 1 saturated carbocycles. The Labute approximate surface area is 169 Å². The lowest BCUT2D eigenvalue weighted by Crippen LogP contribution is -2.59. The molecule has 8 nitrogen and oxygen atoms in total. The van der Waals surface area contributed by atoms with E-state index in [0.717, 1.165) is 37.2 Å². The molecule has 1 saturated heterocycles. The summed E-state index contributed by atoms with van der Waals surface area (Å²) in [5.41, 5.74) is 3.04. The number of rotatable bonds is 3. The lowest BCUT2D eigenvalue weighted by Gasteiger charge is -2.50. The van der Waals surface area contributed by atoms with Crippen molar-refractivity contribution in [1.29, 1.82) is 0 Å². The van der Waals surface area contributed by atoms with Crippen LogP contribution in [-0.2, 0) is 23.2 Å². The SMILES string of the molecule is CCc1noc(C)c1C(=O)N1CCC2(CC1)c1nc[nH]c1CCN2C(=O)C1CC1. The van der Waals surface area contributed by atoms with Gasteiger partial charge in [0.15, 0.2) is 0 Å².